The Kier molecular flexibility index (Phi) is 9.07. The summed E-state index contributed by atoms with van der Waals surface area (Å²) < 4.78 is 16.2. The molecule has 1 saturated heterocycles. The summed E-state index contributed by atoms with van der Waals surface area (Å²) >= 11 is 0. The van der Waals surface area contributed by atoms with Crippen molar-refractivity contribution in [2.75, 3.05) is 26.2 Å². The Morgan fingerprint density at radius 3 is 2.58 bits per heavy atom. The predicted molar refractivity (Wildman–Crippen MR) is 154 cm³/mol. The Labute approximate surface area is 248 Å². The van der Waals surface area contributed by atoms with Gasteiger partial charge in [0.15, 0.2) is 0 Å². The van der Waals surface area contributed by atoms with Crippen molar-refractivity contribution < 1.29 is 23.6 Å². The smallest absolute Gasteiger partial charge is 0.257 e. The minimum atomic E-state index is -0.765. The minimum Gasteiger partial charge on any atom is -0.355 e. The van der Waals surface area contributed by atoms with Gasteiger partial charge in [-0.1, -0.05) is 19.9 Å². The first-order chi connectivity index (χ1) is 20.7. The summed E-state index contributed by atoms with van der Waals surface area (Å²) in [6, 6.07) is 9.82. The van der Waals surface area contributed by atoms with Crippen LogP contribution in [0.5, 0.6) is 0 Å². The van der Waals surface area contributed by atoms with E-state index in [2.05, 4.69) is 26.2 Å². The Morgan fingerprint density at radius 1 is 1.07 bits per heavy atom. The summed E-state index contributed by atoms with van der Waals surface area (Å²) in [4.78, 5) is 56.6. The van der Waals surface area contributed by atoms with Crippen LogP contribution in [-0.2, 0) is 16.0 Å². The average molecular weight is 591 g/mol. The van der Waals surface area contributed by atoms with E-state index >= 15 is 0 Å². The zero-order valence-corrected chi connectivity index (χ0v) is 24.2. The molecule has 3 aromatic rings. The van der Waals surface area contributed by atoms with Gasteiger partial charge in [-0.15, -0.1) is 5.10 Å². The molecule has 0 spiro atoms. The van der Waals surface area contributed by atoms with Crippen molar-refractivity contribution in [3.63, 3.8) is 0 Å². The van der Waals surface area contributed by atoms with E-state index in [1.54, 1.807) is 30.3 Å². The molecule has 2 aromatic carbocycles. The van der Waals surface area contributed by atoms with Crippen molar-refractivity contribution in [3.05, 3.63) is 71.3 Å². The average Bonchev–Trinajstić information content (AvgIpc) is 3.71. The molecule has 0 aliphatic carbocycles. The normalized spacial score (nSPS) is 20.4. The number of hydrogen-bond donors (Lipinski definition) is 2. The molecule has 0 saturated carbocycles. The fourth-order valence-corrected chi connectivity index (χ4v) is 5.46. The van der Waals surface area contributed by atoms with Crippen LogP contribution in [0.25, 0.3) is 5.69 Å². The summed E-state index contributed by atoms with van der Waals surface area (Å²) in [6.07, 6.45) is 3.57. The maximum Gasteiger partial charge on any atom is 0.257 e. The zero-order valence-electron chi connectivity index (χ0n) is 24.2. The number of nitrogens with zero attached hydrogens (tertiary/aromatic N) is 6. The van der Waals surface area contributed by atoms with E-state index in [-0.39, 0.29) is 42.3 Å². The SMILES string of the molecule is CC(C)[C@@H]1CN(C(=O)c2ccc(-n3cnnn3)cc2)CC(=O)NCCCc2ccc(F)c(c2)C(=O)N2CCC[C@H]2C(=O)N1. The van der Waals surface area contributed by atoms with E-state index in [9.17, 15) is 23.6 Å². The molecule has 1 fully saturated rings. The molecule has 226 valence electrons. The standard InChI is InChI=1S/C30H35FN8O4/c1-19(2)25-16-37(29(42)21-8-10-22(11-9-21)39-18-33-35-36-39)17-27(40)32-13-3-5-20-7-12-24(31)23(15-20)30(43)38-14-4-6-26(38)28(41)34-25/h7-12,15,18-19,25-26H,3-6,13-14,16-17H2,1-2H3,(H,32,40)(H,34,41)/t25-,26-/m0/s1. The van der Waals surface area contributed by atoms with E-state index in [0.29, 0.717) is 50.0 Å². The molecule has 43 heavy (non-hydrogen) atoms. The predicted octanol–water partition coefficient (Wildman–Crippen LogP) is 1.75. The van der Waals surface area contributed by atoms with Crippen LogP contribution in [0.3, 0.4) is 0 Å². The lowest BCUT2D eigenvalue weighted by atomic mass is 10.0. The van der Waals surface area contributed by atoms with Gasteiger partial charge in [0.2, 0.25) is 11.8 Å². The summed E-state index contributed by atoms with van der Waals surface area (Å²) in [7, 11) is 0. The van der Waals surface area contributed by atoms with Gasteiger partial charge in [-0.05, 0) is 84.0 Å². The van der Waals surface area contributed by atoms with Crippen molar-refractivity contribution in [2.24, 2.45) is 5.92 Å². The first-order valence-corrected chi connectivity index (χ1v) is 14.5. The lowest BCUT2D eigenvalue weighted by Crippen LogP contribution is -2.54. The number of aryl methyl sites for hydroxylation is 1. The maximum atomic E-state index is 14.8. The third-order valence-electron chi connectivity index (χ3n) is 7.94. The minimum absolute atomic E-state index is 0.0613. The number of carbonyl (C=O) groups excluding carboxylic acids is 4. The van der Waals surface area contributed by atoms with Crippen LogP contribution in [0, 0.1) is 11.7 Å². The largest absolute Gasteiger partial charge is 0.355 e. The highest BCUT2D eigenvalue weighted by atomic mass is 19.1. The van der Waals surface area contributed by atoms with Crippen molar-refractivity contribution in [3.8, 4) is 5.69 Å². The molecule has 0 radical (unpaired) electrons. The molecule has 0 unspecified atom stereocenters. The second-order valence-electron chi connectivity index (χ2n) is 11.3. The number of amides is 4. The molecule has 2 bridgehead atoms. The van der Waals surface area contributed by atoms with Crippen LogP contribution >= 0.6 is 0 Å². The van der Waals surface area contributed by atoms with E-state index in [1.165, 1.54) is 32.9 Å². The third kappa shape index (κ3) is 6.87. The van der Waals surface area contributed by atoms with Crippen LogP contribution in [0.1, 0.15) is 59.4 Å². The molecular formula is C30H35FN8O4. The molecular weight excluding hydrogens is 555 g/mol. The van der Waals surface area contributed by atoms with Crippen molar-refractivity contribution >= 4 is 23.6 Å². The number of halogens is 1. The Morgan fingerprint density at radius 2 is 1.86 bits per heavy atom. The number of tetrazole rings is 1. The first kappa shape index (κ1) is 29.8. The molecule has 1 aromatic heterocycles. The fourth-order valence-electron chi connectivity index (χ4n) is 5.46. The second kappa shape index (κ2) is 13.1. The third-order valence-corrected chi connectivity index (χ3v) is 7.94. The van der Waals surface area contributed by atoms with Crippen LogP contribution in [-0.4, -0.2) is 91.9 Å². The number of hydrogen-bond acceptors (Lipinski definition) is 7. The van der Waals surface area contributed by atoms with E-state index in [4.69, 9.17) is 0 Å². The first-order valence-electron chi connectivity index (χ1n) is 14.5. The summed E-state index contributed by atoms with van der Waals surface area (Å²) in [5.41, 5.74) is 1.72. The van der Waals surface area contributed by atoms with Gasteiger partial charge in [-0.3, -0.25) is 19.2 Å². The highest BCUT2D eigenvalue weighted by Gasteiger charge is 2.37. The second-order valence-corrected chi connectivity index (χ2v) is 11.3. The van der Waals surface area contributed by atoms with Gasteiger partial charge in [-0.25, -0.2) is 9.07 Å². The highest BCUT2D eigenvalue weighted by molar-refractivity contribution is 5.99. The monoisotopic (exact) mass is 590 g/mol. The van der Waals surface area contributed by atoms with Crippen LogP contribution in [0.4, 0.5) is 4.39 Å². The van der Waals surface area contributed by atoms with E-state index in [0.717, 1.165) is 5.56 Å². The van der Waals surface area contributed by atoms with Crippen molar-refractivity contribution in [1.82, 2.24) is 40.6 Å². The number of aromatic nitrogens is 4. The number of benzene rings is 2. The van der Waals surface area contributed by atoms with Gasteiger partial charge in [0.1, 0.15) is 18.2 Å². The van der Waals surface area contributed by atoms with E-state index < -0.39 is 23.8 Å². The van der Waals surface area contributed by atoms with Crippen LogP contribution in [0.2, 0.25) is 0 Å². The van der Waals surface area contributed by atoms with Crippen molar-refractivity contribution in [2.45, 2.75) is 51.6 Å². The van der Waals surface area contributed by atoms with Crippen LogP contribution in [0.15, 0.2) is 48.8 Å². The van der Waals surface area contributed by atoms with Crippen LogP contribution < -0.4 is 10.6 Å². The van der Waals surface area contributed by atoms with Gasteiger partial charge >= 0.3 is 0 Å². The highest BCUT2D eigenvalue weighted by Crippen LogP contribution is 2.23. The number of nitrogens with one attached hydrogen (secondary N) is 2. The summed E-state index contributed by atoms with van der Waals surface area (Å²) in [5, 5.41) is 17.0. The quantitative estimate of drug-likeness (QED) is 0.473. The molecule has 13 heteroatoms. The summed E-state index contributed by atoms with van der Waals surface area (Å²) in [6.45, 7) is 4.37. The fraction of sp³-hybridized carbons (Fsp3) is 0.433. The Balaban J connectivity index is 1.42. The Hall–Kier alpha value is -4.68. The molecule has 2 atom stereocenters. The van der Waals surface area contributed by atoms with E-state index in [1.807, 2.05) is 13.8 Å². The number of fused-ring (bicyclic) bond motifs is 3. The molecule has 2 N–H and O–H groups in total. The summed E-state index contributed by atoms with van der Waals surface area (Å²) in [5.74, 6) is -2.34. The van der Waals surface area contributed by atoms with Gasteiger partial charge < -0.3 is 20.4 Å². The van der Waals surface area contributed by atoms with Gasteiger partial charge in [0, 0.05) is 31.2 Å². The van der Waals surface area contributed by atoms with Gasteiger partial charge in [-0.2, -0.15) is 0 Å². The topological polar surface area (TPSA) is 142 Å². The lowest BCUT2D eigenvalue weighted by molar-refractivity contribution is -0.126. The number of carbonyl (C=O) groups is 4. The maximum absolute atomic E-state index is 14.8. The molecule has 2 aliphatic heterocycles. The van der Waals surface area contributed by atoms with Gasteiger partial charge in [0.25, 0.3) is 11.8 Å². The van der Waals surface area contributed by atoms with Crippen molar-refractivity contribution in [1.29, 1.82) is 0 Å². The molecule has 3 heterocycles. The Bertz CT molecular complexity index is 1480. The molecule has 5 rings (SSSR count). The number of rotatable bonds is 3. The molecule has 4 amide bonds. The van der Waals surface area contributed by atoms with Gasteiger partial charge in [0.05, 0.1) is 17.8 Å². The molecule has 2 aliphatic rings. The molecule has 12 nitrogen and oxygen atoms in total. The lowest BCUT2D eigenvalue weighted by Gasteiger charge is -2.32. The zero-order chi connectivity index (χ0) is 30.5.